The molecule has 4 heteroatoms. The van der Waals surface area contributed by atoms with Crippen molar-refractivity contribution in [2.24, 2.45) is 0 Å². The molecule has 2 nitrogen and oxygen atoms in total. The molecule has 0 aliphatic heterocycles. The maximum atomic E-state index is 12.9. The topological polar surface area (TPSA) is 20.3 Å². The highest BCUT2D eigenvalue weighted by molar-refractivity contribution is 6.33. The van der Waals surface area contributed by atoms with Crippen molar-refractivity contribution in [2.45, 2.75) is 6.92 Å². The molecule has 12 heavy (non-hydrogen) atoms. The van der Waals surface area contributed by atoms with Crippen LogP contribution in [0, 0.1) is 0 Å². The number of hydrogen-bond donors (Lipinski definition) is 0. The molecule has 1 aromatic carbocycles. The van der Waals surface area contributed by atoms with Crippen molar-refractivity contribution in [1.82, 2.24) is 0 Å². The highest BCUT2D eigenvalue weighted by atomic mass is 35.5. The predicted molar refractivity (Wildman–Crippen MR) is 45.7 cm³/mol. The Bertz CT molecular complexity index is 303. The Morgan fingerprint density at radius 1 is 1.50 bits per heavy atom. The summed E-state index contributed by atoms with van der Waals surface area (Å²) in [6, 6.07) is 6.23. The molecule has 0 heterocycles. The average Bonchev–Trinajstić information content (AvgIpc) is 2.04. The quantitative estimate of drug-likeness (QED) is 0.619. The van der Waals surface area contributed by atoms with Gasteiger partial charge in [0.25, 0.3) is 5.91 Å². The summed E-state index contributed by atoms with van der Waals surface area (Å²) in [6.45, 7) is 1.13. The van der Waals surface area contributed by atoms with Gasteiger partial charge >= 0.3 is 0 Å². The van der Waals surface area contributed by atoms with Crippen LogP contribution in [0.2, 0.25) is 5.02 Å². The third-order valence-electron chi connectivity index (χ3n) is 1.34. The van der Waals surface area contributed by atoms with Crippen LogP contribution < -0.4 is 5.12 Å². The summed E-state index contributed by atoms with van der Waals surface area (Å²) in [5, 5.41) is 0.234. The lowest BCUT2D eigenvalue weighted by Crippen LogP contribution is -2.17. The Labute approximate surface area is 74.5 Å². The molecule has 0 N–H and O–H groups in total. The van der Waals surface area contributed by atoms with E-state index in [-0.39, 0.29) is 15.8 Å². The second-order valence-electron chi connectivity index (χ2n) is 2.25. The molecule has 0 spiro atoms. The molecular weight excluding hydrogens is 181 g/mol. The van der Waals surface area contributed by atoms with Gasteiger partial charge in [0.2, 0.25) is 0 Å². The SMILES string of the molecule is CC(=O)N(F)c1ccccc1Cl. The Balaban J connectivity index is 3.02. The number of nitrogens with zero attached hydrogens (tertiary/aromatic N) is 1. The smallest absolute Gasteiger partial charge is 0.251 e. The molecule has 0 aliphatic carbocycles. The van der Waals surface area contributed by atoms with Gasteiger partial charge in [-0.1, -0.05) is 28.2 Å². The summed E-state index contributed by atoms with van der Waals surface area (Å²) >= 11 is 5.63. The van der Waals surface area contributed by atoms with Crippen molar-refractivity contribution in [3.63, 3.8) is 0 Å². The second kappa shape index (κ2) is 3.54. The zero-order valence-electron chi connectivity index (χ0n) is 6.42. The summed E-state index contributed by atoms with van der Waals surface area (Å²) < 4.78 is 12.9. The number of benzene rings is 1. The molecular formula is C8H7ClFNO. The van der Waals surface area contributed by atoms with Crippen molar-refractivity contribution in [3.05, 3.63) is 29.3 Å². The van der Waals surface area contributed by atoms with Gasteiger partial charge in [-0.25, -0.2) is 0 Å². The van der Waals surface area contributed by atoms with Crippen LogP contribution in [0.15, 0.2) is 24.3 Å². The highest BCUT2D eigenvalue weighted by Gasteiger charge is 2.12. The largest absolute Gasteiger partial charge is 0.272 e. The van der Waals surface area contributed by atoms with Gasteiger partial charge in [-0.3, -0.25) is 4.79 Å². The molecule has 0 unspecified atom stereocenters. The van der Waals surface area contributed by atoms with Crippen LogP contribution in [-0.2, 0) is 4.79 Å². The number of anilines is 1. The minimum absolute atomic E-state index is 0.0162. The van der Waals surface area contributed by atoms with E-state index in [0.29, 0.717) is 0 Å². The molecule has 64 valence electrons. The Kier molecular flexibility index (Phi) is 2.65. The van der Waals surface area contributed by atoms with Crippen molar-refractivity contribution in [3.8, 4) is 0 Å². The average molecular weight is 188 g/mol. The van der Waals surface area contributed by atoms with Crippen LogP contribution in [0.25, 0.3) is 0 Å². The number of para-hydroxylation sites is 1. The van der Waals surface area contributed by atoms with Crippen LogP contribution in [-0.4, -0.2) is 5.91 Å². The zero-order chi connectivity index (χ0) is 9.14. The monoisotopic (exact) mass is 187 g/mol. The summed E-state index contributed by atoms with van der Waals surface area (Å²) in [5.74, 6) is -0.692. The molecule has 0 saturated heterocycles. The normalized spacial score (nSPS) is 9.58. The molecule has 1 amide bonds. The first kappa shape index (κ1) is 9.00. The van der Waals surface area contributed by atoms with Crippen LogP contribution in [0.4, 0.5) is 10.2 Å². The molecule has 0 fully saturated rings. The van der Waals surface area contributed by atoms with E-state index in [0.717, 1.165) is 6.92 Å². The summed E-state index contributed by atoms with van der Waals surface area (Å²) in [6.07, 6.45) is 0. The van der Waals surface area contributed by atoms with Crippen LogP contribution in [0.1, 0.15) is 6.92 Å². The third-order valence-corrected chi connectivity index (χ3v) is 1.66. The van der Waals surface area contributed by atoms with Gasteiger partial charge in [0.05, 0.1) is 10.7 Å². The number of carbonyl (C=O) groups excluding carboxylic acids is 1. The van der Waals surface area contributed by atoms with Gasteiger partial charge in [0, 0.05) is 6.92 Å². The number of amides is 1. The van der Waals surface area contributed by atoms with E-state index in [1.807, 2.05) is 0 Å². The third kappa shape index (κ3) is 1.74. The number of hydrogen-bond acceptors (Lipinski definition) is 1. The molecule has 0 atom stereocenters. The Morgan fingerprint density at radius 2 is 2.08 bits per heavy atom. The minimum Gasteiger partial charge on any atom is -0.272 e. The van der Waals surface area contributed by atoms with E-state index in [2.05, 4.69) is 0 Å². The zero-order valence-corrected chi connectivity index (χ0v) is 7.18. The molecule has 0 aliphatic rings. The molecule has 0 bridgehead atoms. The first-order valence-electron chi connectivity index (χ1n) is 3.34. The maximum Gasteiger partial charge on any atom is 0.251 e. The Morgan fingerprint density at radius 3 is 2.58 bits per heavy atom. The van der Waals surface area contributed by atoms with Crippen molar-refractivity contribution in [1.29, 1.82) is 0 Å². The lowest BCUT2D eigenvalue weighted by atomic mass is 10.3. The van der Waals surface area contributed by atoms with E-state index in [9.17, 15) is 9.28 Å². The summed E-state index contributed by atoms with van der Waals surface area (Å²) in [4.78, 5) is 10.6. The standard InChI is InChI=1S/C8H7ClFNO/c1-6(12)11(10)8-5-3-2-4-7(8)9/h2-5H,1H3. The van der Waals surface area contributed by atoms with E-state index in [1.54, 1.807) is 12.1 Å². The van der Waals surface area contributed by atoms with Crippen molar-refractivity contribution < 1.29 is 9.28 Å². The fourth-order valence-electron chi connectivity index (χ4n) is 0.781. The number of halogens is 2. The van der Waals surface area contributed by atoms with E-state index >= 15 is 0 Å². The summed E-state index contributed by atoms with van der Waals surface area (Å²) in [5.41, 5.74) is 0.0756. The van der Waals surface area contributed by atoms with E-state index < -0.39 is 5.91 Å². The van der Waals surface area contributed by atoms with Gasteiger partial charge < -0.3 is 0 Å². The van der Waals surface area contributed by atoms with Crippen LogP contribution >= 0.6 is 11.6 Å². The van der Waals surface area contributed by atoms with Gasteiger partial charge in [-0.05, 0) is 12.1 Å². The van der Waals surface area contributed by atoms with Crippen LogP contribution in [0.3, 0.4) is 0 Å². The van der Waals surface area contributed by atoms with Crippen molar-refractivity contribution >= 4 is 23.2 Å². The van der Waals surface area contributed by atoms with E-state index in [1.165, 1.54) is 12.1 Å². The summed E-state index contributed by atoms with van der Waals surface area (Å²) in [7, 11) is 0. The maximum absolute atomic E-state index is 12.9. The second-order valence-corrected chi connectivity index (χ2v) is 2.66. The minimum atomic E-state index is -0.692. The Hall–Kier alpha value is -1.09. The molecule has 1 rings (SSSR count). The highest BCUT2D eigenvalue weighted by Crippen LogP contribution is 2.25. The van der Waals surface area contributed by atoms with Crippen molar-refractivity contribution in [2.75, 3.05) is 5.12 Å². The predicted octanol–water partition coefficient (Wildman–Crippen LogP) is 2.58. The fourth-order valence-corrected chi connectivity index (χ4v) is 0.991. The van der Waals surface area contributed by atoms with E-state index in [4.69, 9.17) is 11.6 Å². The molecule has 1 aromatic rings. The van der Waals surface area contributed by atoms with Gasteiger partial charge in [0.1, 0.15) is 0 Å². The van der Waals surface area contributed by atoms with Crippen LogP contribution in [0.5, 0.6) is 0 Å². The molecule has 0 aromatic heterocycles. The number of rotatable bonds is 1. The first-order valence-corrected chi connectivity index (χ1v) is 3.71. The van der Waals surface area contributed by atoms with Gasteiger partial charge in [0.15, 0.2) is 0 Å². The molecule has 0 saturated carbocycles. The first-order chi connectivity index (χ1) is 5.63. The van der Waals surface area contributed by atoms with Gasteiger partial charge in [-0.15, -0.1) is 5.12 Å². The fraction of sp³-hybridized carbons (Fsp3) is 0.125. The lowest BCUT2D eigenvalue weighted by molar-refractivity contribution is -0.119. The van der Waals surface area contributed by atoms with Gasteiger partial charge in [-0.2, -0.15) is 0 Å². The molecule has 0 radical (unpaired) electrons. The number of carbonyl (C=O) groups is 1. The lowest BCUT2D eigenvalue weighted by Gasteiger charge is -2.09.